The van der Waals surface area contributed by atoms with Crippen molar-refractivity contribution >= 4 is 6.29 Å². The van der Waals surface area contributed by atoms with Gasteiger partial charge in [0.2, 0.25) is 5.88 Å². The minimum absolute atomic E-state index is 0.333. The van der Waals surface area contributed by atoms with Gasteiger partial charge < -0.3 is 4.74 Å². The second kappa shape index (κ2) is 4.96. The van der Waals surface area contributed by atoms with E-state index in [1.54, 1.807) is 18.2 Å². The fourth-order valence-electron chi connectivity index (χ4n) is 1.69. The fraction of sp³-hybridized carbons (Fsp3) is 0.143. The molecular weight excluding hydrogens is 233 g/mol. The van der Waals surface area contributed by atoms with Gasteiger partial charge in [-0.2, -0.15) is 0 Å². The Labute approximate surface area is 104 Å². The van der Waals surface area contributed by atoms with Crippen molar-refractivity contribution in [3.8, 4) is 17.0 Å². The second-order valence-electron chi connectivity index (χ2n) is 3.90. The van der Waals surface area contributed by atoms with Crippen molar-refractivity contribution in [1.29, 1.82) is 0 Å². The summed E-state index contributed by atoms with van der Waals surface area (Å²) in [6, 6.07) is 6.71. The first kappa shape index (κ1) is 12.2. The number of ether oxygens (including phenoxy) is 1. The predicted molar refractivity (Wildman–Crippen MR) is 66.3 cm³/mol. The maximum atomic E-state index is 13.7. The molecular formula is C14H12FNO2. The molecule has 0 atom stereocenters. The first-order valence-corrected chi connectivity index (χ1v) is 5.41. The van der Waals surface area contributed by atoms with Gasteiger partial charge in [-0.1, -0.05) is 12.1 Å². The van der Waals surface area contributed by atoms with Gasteiger partial charge >= 0.3 is 0 Å². The Hall–Kier alpha value is -2.23. The first-order valence-electron chi connectivity index (χ1n) is 5.41. The van der Waals surface area contributed by atoms with Crippen molar-refractivity contribution in [2.45, 2.75) is 6.92 Å². The molecule has 0 N–H and O–H groups in total. The molecule has 0 fully saturated rings. The Bertz CT molecular complexity index is 596. The summed E-state index contributed by atoms with van der Waals surface area (Å²) in [7, 11) is 1.47. The van der Waals surface area contributed by atoms with Gasteiger partial charge in [-0.25, -0.2) is 9.37 Å². The highest BCUT2D eigenvalue weighted by atomic mass is 19.1. The molecule has 0 unspecified atom stereocenters. The van der Waals surface area contributed by atoms with Crippen LogP contribution in [-0.2, 0) is 0 Å². The number of aromatic nitrogens is 1. The van der Waals surface area contributed by atoms with E-state index in [-0.39, 0.29) is 0 Å². The Morgan fingerprint density at radius 1 is 1.33 bits per heavy atom. The topological polar surface area (TPSA) is 39.2 Å². The van der Waals surface area contributed by atoms with Crippen LogP contribution in [-0.4, -0.2) is 18.4 Å². The van der Waals surface area contributed by atoms with Gasteiger partial charge in [-0.15, -0.1) is 0 Å². The lowest BCUT2D eigenvalue weighted by molar-refractivity contribution is 0.112. The van der Waals surface area contributed by atoms with Crippen LogP contribution in [0.5, 0.6) is 5.88 Å². The Morgan fingerprint density at radius 2 is 2.11 bits per heavy atom. The molecule has 1 heterocycles. The number of pyridine rings is 1. The molecule has 0 radical (unpaired) electrons. The van der Waals surface area contributed by atoms with Gasteiger partial charge in [0.25, 0.3) is 0 Å². The highest BCUT2D eigenvalue weighted by molar-refractivity contribution is 5.81. The second-order valence-corrected chi connectivity index (χ2v) is 3.90. The molecule has 1 aromatic carbocycles. The number of benzene rings is 1. The molecule has 3 nitrogen and oxygen atoms in total. The van der Waals surface area contributed by atoms with E-state index in [1.165, 1.54) is 13.2 Å². The largest absolute Gasteiger partial charge is 0.481 e. The molecule has 1 aromatic heterocycles. The van der Waals surface area contributed by atoms with Crippen molar-refractivity contribution in [2.24, 2.45) is 0 Å². The van der Waals surface area contributed by atoms with Gasteiger partial charge in [-0.3, -0.25) is 4.79 Å². The number of methoxy groups -OCH3 is 1. The third-order valence-electron chi connectivity index (χ3n) is 2.76. The molecule has 0 saturated heterocycles. The van der Waals surface area contributed by atoms with Crippen LogP contribution in [0.15, 0.2) is 30.5 Å². The van der Waals surface area contributed by atoms with Crippen LogP contribution >= 0.6 is 0 Å². The predicted octanol–water partition coefficient (Wildman–Crippen LogP) is 3.02. The van der Waals surface area contributed by atoms with E-state index in [0.717, 1.165) is 18.0 Å². The highest BCUT2D eigenvalue weighted by Crippen LogP contribution is 2.26. The summed E-state index contributed by atoms with van der Waals surface area (Å²) < 4.78 is 18.7. The molecule has 92 valence electrons. The average molecular weight is 245 g/mol. The van der Waals surface area contributed by atoms with Crippen molar-refractivity contribution in [1.82, 2.24) is 4.98 Å². The number of hydrogen-bond acceptors (Lipinski definition) is 3. The summed E-state index contributed by atoms with van der Waals surface area (Å²) >= 11 is 0. The summed E-state index contributed by atoms with van der Waals surface area (Å²) in [5.74, 6) is -0.115. The van der Waals surface area contributed by atoms with Gasteiger partial charge in [-0.05, 0) is 24.1 Å². The minimum Gasteiger partial charge on any atom is -0.481 e. The van der Waals surface area contributed by atoms with E-state index < -0.39 is 5.82 Å². The molecule has 0 saturated carbocycles. The third kappa shape index (κ3) is 2.22. The number of aldehydes is 1. The standard InChI is InChI=1S/C14H12FNO2/c1-9-3-4-10(5-11(9)8-17)12-6-14(18-2)16-7-13(12)15/h3-8H,1-2H3. The molecule has 0 spiro atoms. The number of carbonyl (C=O) groups is 1. The lowest BCUT2D eigenvalue weighted by Gasteiger charge is -2.07. The smallest absolute Gasteiger partial charge is 0.213 e. The van der Waals surface area contributed by atoms with E-state index in [0.29, 0.717) is 22.6 Å². The van der Waals surface area contributed by atoms with Crippen molar-refractivity contribution in [3.05, 3.63) is 47.4 Å². The van der Waals surface area contributed by atoms with Gasteiger partial charge in [0, 0.05) is 17.2 Å². The van der Waals surface area contributed by atoms with Crippen LogP contribution in [0.4, 0.5) is 4.39 Å². The molecule has 0 aliphatic carbocycles. The van der Waals surface area contributed by atoms with Crippen molar-refractivity contribution in [2.75, 3.05) is 7.11 Å². The average Bonchev–Trinajstić information content (AvgIpc) is 2.40. The molecule has 2 aromatic rings. The fourth-order valence-corrected chi connectivity index (χ4v) is 1.69. The van der Waals surface area contributed by atoms with Crippen molar-refractivity contribution in [3.63, 3.8) is 0 Å². The maximum absolute atomic E-state index is 13.7. The van der Waals surface area contributed by atoms with Crippen LogP contribution in [0, 0.1) is 12.7 Å². The summed E-state index contributed by atoms with van der Waals surface area (Å²) in [4.78, 5) is 14.7. The van der Waals surface area contributed by atoms with E-state index in [2.05, 4.69) is 4.98 Å². The van der Waals surface area contributed by atoms with Crippen molar-refractivity contribution < 1.29 is 13.9 Å². The summed E-state index contributed by atoms with van der Waals surface area (Å²) in [5.41, 5.74) is 2.39. The van der Waals surface area contributed by atoms with Crippen LogP contribution in [0.25, 0.3) is 11.1 Å². The molecule has 0 bridgehead atoms. The summed E-state index contributed by atoms with van der Waals surface area (Å²) in [5, 5.41) is 0. The molecule has 18 heavy (non-hydrogen) atoms. The first-order chi connectivity index (χ1) is 8.65. The highest BCUT2D eigenvalue weighted by Gasteiger charge is 2.09. The normalized spacial score (nSPS) is 10.2. The number of nitrogens with zero attached hydrogens (tertiary/aromatic N) is 1. The molecule has 2 rings (SSSR count). The number of hydrogen-bond donors (Lipinski definition) is 0. The Balaban J connectivity index is 2.57. The van der Waals surface area contributed by atoms with Crippen LogP contribution in [0.2, 0.25) is 0 Å². The lowest BCUT2D eigenvalue weighted by atomic mass is 10.0. The Kier molecular flexibility index (Phi) is 3.37. The Morgan fingerprint density at radius 3 is 2.78 bits per heavy atom. The van der Waals surface area contributed by atoms with E-state index in [4.69, 9.17) is 4.74 Å². The van der Waals surface area contributed by atoms with Crippen LogP contribution in [0.3, 0.4) is 0 Å². The lowest BCUT2D eigenvalue weighted by Crippen LogP contribution is -1.93. The zero-order valence-corrected chi connectivity index (χ0v) is 10.1. The third-order valence-corrected chi connectivity index (χ3v) is 2.76. The molecule has 4 heteroatoms. The SMILES string of the molecule is COc1cc(-c2ccc(C)c(C=O)c2)c(F)cn1. The monoisotopic (exact) mass is 245 g/mol. The molecule has 0 aliphatic heterocycles. The van der Waals surface area contributed by atoms with E-state index >= 15 is 0 Å². The maximum Gasteiger partial charge on any atom is 0.213 e. The minimum atomic E-state index is -0.448. The summed E-state index contributed by atoms with van der Waals surface area (Å²) in [6.07, 6.45) is 1.86. The number of halogens is 1. The van der Waals surface area contributed by atoms with E-state index in [9.17, 15) is 9.18 Å². The molecule has 0 amide bonds. The zero-order chi connectivity index (χ0) is 13.1. The van der Waals surface area contributed by atoms with Crippen LogP contribution in [0.1, 0.15) is 15.9 Å². The molecule has 0 aliphatic rings. The van der Waals surface area contributed by atoms with Gasteiger partial charge in [0.1, 0.15) is 12.1 Å². The van der Waals surface area contributed by atoms with E-state index in [1.807, 2.05) is 6.92 Å². The number of carbonyl (C=O) groups excluding carboxylic acids is 1. The van der Waals surface area contributed by atoms with Gasteiger partial charge in [0.05, 0.1) is 13.3 Å². The van der Waals surface area contributed by atoms with Crippen LogP contribution < -0.4 is 4.74 Å². The zero-order valence-electron chi connectivity index (χ0n) is 10.1. The number of rotatable bonds is 3. The quantitative estimate of drug-likeness (QED) is 0.780. The number of aryl methyl sites for hydroxylation is 1. The van der Waals surface area contributed by atoms with Gasteiger partial charge in [0.15, 0.2) is 0 Å². The summed E-state index contributed by atoms with van der Waals surface area (Å²) in [6.45, 7) is 1.83.